The number of carbonyl (C=O) groups is 1. The third-order valence-corrected chi connectivity index (χ3v) is 2.92. The van der Waals surface area contributed by atoms with Gasteiger partial charge in [0.25, 0.3) is 0 Å². The number of hydrogen-bond acceptors (Lipinski definition) is 4. The van der Waals surface area contributed by atoms with E-state index in [1.54, 1.807) is 6.92 Å². The van der Waals surface area contributed by atoms with Crippen LogP contribution in [0.3, 0.4) is 0 Å². The fourth-order valence-corrected chi connectivity index (χ4v) is 1.93. The Labute approximate surface area is 117 Å². The van der Waals surface area contributed by atoms with Crippen LogP contribution >= 0.6 is 0 Å². The molecule has 0 fully saturated rings. The number of ether oxygens (including phenoxy) is 1. The van der Waals surface area contributed by atoms with Gasteiger partial charge >= 0.3 is 0 Å². The second-order valence-electron chi connectivity index (χ2n) is 4.33. The first-order valence-corrected chi connectivity index (χ1v) is 6.38. The Bertz CT molecular complexity index is 605. The van der Waals surface area contributed by atoms with E-state index in [9.17, 15) is 15.0 Å². The van der Waals surface area contributed by atoms with Crippen LogP contribution in [0.25, 0.3) is 0 Å². The Morgan fingerprint density at radius 3 is 2.40 bits per heavy atom. The summed E-state index contributed by atoms with van der Waals surface area (Å²) in [5.74, 6) is -0.920. The average molecular weight is 272 g/mol. The molecule has 0 saturated carbocycles. The monoisotopic (exact) mass is 272 g/mol. The lowest BCUT2D eigenvalue weighted by Gasteiger charge is -2.10. The van der Waals surface area contributed by atoms with E-state index in [-0.39, 0.29) is 23.5 Å². The summed E-state index contributed by atoms with van der Waals surface area (Å²) in [5, 5.41) is 19.7. The van der Waals surface area contributed by atoms with Gasteiger partial charge in [0.05, 0.1) is 12.2 Å². The predicted octanol–water partition coefficient (Wildman–Crippen LogP) is 2.92. The van der Waals surface area contributed by atoms with Crippen molar-refractivity contribution in [3.8, 4) is 17.2 Å². The number of phenolic OH excluding ortho intramolecular Hbond substituents is 2. The van der Waals surface area contributed by atoms with E-state index in [4.69, 9.17) is 4.74 Å². The molecule has 2 aromatic rings. The molecule has 0 atom stereocenters. The van der Waals surface area contributed by atoms with Gasteiger partial charge in [0.2, 0.25) is 5.75 Å². The molecule has 0 heterocycles. The van der Waals surface area contributed by atoms with E-state index in [1.165, 1.54) is 12.1 Å². The first-order chi connectivity index (χ1) is 9.63. The first kappa shape index (κ1) is 13.9. The van der Waals surface area contributed by atoms with Crippen LogP contribution in [0.4, 0.5) is 0 Å². The van der Waals surface area contributed by atoms with E-state index in [2.05, 4.69) is 0 Å². The van der Waals surface area contributed by atoms with E-state index in [0.29, 0.717) is 6.61 Å². The Kier molecular flexibility index (Phi) is 4.25. The quantitative estimate of drug-likeness (QED) is 0.648. The van der Waals surface area contributed by atoms with Crippen molar-refractivity contribution < 1.29 is 19.7 Å². The van der Waals surface area contributed by atoms with Crippen molar-refractivity contribution in [3.63, 3.8) is 0 Å². The number of carbonyl (C=O) groups excluding carboxylic acids is 1. The number of ketones is 1. The third-order valence-electron chi connectivity index (χ3n) is 2.92. The number of aromatic hydroxyl groups is 2. The third kappa shape index (κ3) is 2.91. The molecule has 20 heavy (non-hydrogen) atoms. The van der Waals surface area contributed by atoms with Gasteiger partial charge in [-0.1, -0.05) is 30.3 Å². The number of Topliss-reactive ketones (excluding diaryl/α,β-unsaturated/α-hetero) is 1. The van der Waals surface area contributed by atoms with Crippen molar-refractivity contribution in [2.45, 2.75) is 13.3 Å². The molecule has 0 radical (unpaired) electrons. The molecule has 0 aliphatic carbocycles. The van der Waals surface area contributed by atoms with Crippen molar-refractivity contribution in [2.75, 3.05) is 6.61 Å². The van der Waals surface area contributed by atoms with E-state index in [0.717, 1.165) is 5.56 Å². The highest BCUT2D eigenvalue weighted by atomic mass is 16.5. The summed E-state index contributed by atoms with van der Waals surface area (Å²) in [6, 6.07) is 12.2. The fraction of sp³-hybridized carbons (Fsp3) is 0.188. The summed E-state index contributed by atoms with van der Waals surface area (Å²) in [4.78, 5) is 12.1. The molecule has 0 amide bonds. The zero-order chi connectivity index (χ0) is 14.5. The summed E-state index contributed by atoms with van der Waals surface area (Å²) >= 11 is 0. The van der Waals surface area contributed by atoms with Gasteiger partial charge in [-0.15, -0.1) is 0 Å². The van der Waals surface area contributed by atoms with Crippen LogP contribution in [-0.4, -0.2) is 22.6 Å². The van der Waals surface area contributed by atoms with Gasteiger partial charge in [0, 0.05) is 6.42 Å². The molecule has 0 bridgehead atoms. The average Bonchev–Trinajstić information content (AvgIpc) is 2.45. The number of rotatable bonds is 5. The van der Waals surface area contributed by atoms with Crippen molar-refractivity contribution in [3.05, 3.63) is 53.6 Å². The van der Waals surface area contributed by atoms with Gasteiger partial charge in [0.15, 0.2) is 17.3 Å². The lowest BCUT2D eigenvalue weighted by atomic mass is 10.0. The molecule has 4 heteroatoms. The molecular weight excluding hydrogens is 256 g/mol. The maximum atomic E-state index is 12.1. The Balaban J connectivity index is 2.25. The maximum Gasteiger partial charge on any atom is 0.201 e. The van der Waals surface area contributed by atoms with Crippen LogP contribution in [0.2, 0.25) is 0 Å². The maximum absolute atomic E-state index is 12.1. The number of hydrogen-bond donors (Lipinski definition) is 2. The van der Waals surface area contributed by atoms with Crippen LogP contribution in [-0.2, 0) is 6.42 Å². The van der Waals surface area contributed by atoms with Crippen LogP contribution in [0.15, 0.2) is 42.5 Å². The minimum atomic E-state index is -0.433. The topological polar surface area (TPSA) is 66.8 Å². The van der Waals surface area contributed by atoms with E-state index >= 15 is 0 Å². The lowest BCUT2D eigenvalue weighted by molar-refractivity contribution is 0.0989. The van der Waals surface area contributed by atoms with Gasteiger partial charge in [-0.25, -0.2) is 0 Å². The lowest BCUT2D eigenvalue weighted by Crippen LogP contribution is -2.04. The molecule has 2 N–H and O–H groups in total. The Hall–Kier alpha value is -2.49. The SMILES string of the molecule is CCOc1ccc(C(=O)Cc2ccccc2)c(O)c1O. The minimum absolute atomic E-state index is 0.0924. The summed E-state index contributed by atoms with van der Waals surface area (Å²) < 4.78 is 5.15. The van der Waals surface area contributed by atoms with Crippen molar-refractivity contribution in [1.29, 1.82) is 0 Å². The second kappa shape index (κ2) is 6.10. The number of benzene rings is 2. The van der Waals surface area contributed by atoms with Crippen LogP contribution in [0.5, 0.6) is 17.2 Å². The molecule has 104 valence electrons. The predicted molar refractivity (Wildman–Crippen MR) is 75.4 cm³/mol. The summed E-state index contributed by atoms with van der Waals surface area (Å²) in [6.07, 6.45) is 0.168. The van der Waals surface area contributed by atoms with Gasteiger partial charge in [-0.05, 0) is 24.6 Å². The molecule has 2 rings (SSSR count). The van der Waals surface area contributed by atoms with E-state index < -0.39 is 11.5 Å². The minimum Gasteiger partial charge on any atom is -0.504 e. The van der Waals surface area contributed by atoms with Gasteiger partial charge in [-0.2, -0.15) is 0 Å². The standard InChI is InChI=1S/C16H16O4/c1-2-20-14-9-8-12(15(18)16(14)19)13(17)10-11-6-4-3-5-7-11/h3-9,18-19H,2,10H2,1H3. The van der Waals surface area contributed by atoms with Gasteiger partial charge < -0.3 is 14.9 Å². The molecule has 0 aromatic heterocycles. The molecule has 4 nitrogen and oxygen atoms in total. The van der Waals surface area contributed by atoms with Crippen molar-refractivity contribution in [2.24, 2.45) is 0 Å². The molecular formula is C16H16O4. The van der Waals surface area contributed by atoms with Crippen LogP contribution in [0, 0.1) is 0 Å². The molecule has 0 saturated heterocycles. The first-order valence-electron chi connectivity index (χ1n) is 6.38. The molecule has 0 aliphatic rings. The highest BCUT2D eigenvalue weighted by molar-refractivity contribution is 6.00. The Morgan fingerprint density at radius 2 is 1.75 bits per heavy atom. The highest BCUT2D eigenvalue weighted by Crippen LogP contribution is 2.38. The highest BCUT2D eigenvalue weighted by Gasteiger charge is 2.18. The largest absolute Gasteiger partial charge is 0.504 e. The molecule has 2 aromatic carbocycles. The zero-order valence-electron chi connectivity index (χ0n) is 11.2. The summed E-state index contributed by atoms with van der Waals surface area (Å²) in [7, 11) is 0. The Morgan fingerprint density at radius 1 is 1.05 bits per heavy atom. The van der Waals surface area contributed by atoms with Crippen LogP contribution in [0.1, 0.15) is 22.8 Å². The second-order valence-corrected chi connectivity index (χ2v) is 4.33. The molecule has 0 spiro atoms. The van der Waals surface area contributed by atoms with Crippen molar-refractivity contribution >= 4 is 5.78 Å². The van der Waals surface area contributed by atoms with Crippen molar-refractivity contribution in [1.82, 2.24) is 0 Å². The summed E-state index contributed by atoms with van der Waals surface area (Å²) in [5.41, 5.74) is 0.945. The van der Waals surface area contributed by atoms with E-state index in [1.807, 2.05) is 30.3 Å². The molecule has 0 unspecified atom stereocenters. The van der Waals surface area contributed by atoms with Gasteiger partial charge in [0.1, 0.15) is 0 Å². The zero-order valence-corrected chi connectivity index (χ0v) is 11.2. The normalized spacial score (nSPS) is 10.2. The van der Waals surface area contributed by atoms with Crippen LogP contribution < -0.4 is 4.74 Å². The molecule has 0 aliphatic heterocycles. The number of phenols is 2. The smallest absolute Gasteiger partial charge is 0.201 e. The fourth-order valence-electron chi connectivity index (χ4n) is 1.93. The van der Waals surface area contributed by atoms with Gasteiger partial charge in [-0.3, -0.25) is 4.79 Å². The summed E-state index contributed by atoms with van der Waals surface area (Å²) in [6.45, 7) is 2.13.